The van der Waals surface area contributed by atoms with Crippen molar-refractivity contribution in [2.45, 2.75) is 11.8 Å². The quantitative estimate of drug-likeness (QED) is 0.849. The van der Waals surface area contributed by atoms with Crippen molar-refractivity contribution in [1.29, 1.82) is 0 Å². The van der Waals surface area contributed by atoms with Crippen molar-refractivity contribution in [3.63, 3.8) is 0 Å². The molecule has 0 aliphatic heterocycles. The Morgan fingerprint density at radius 1 is 1.15 bits per heavy atom. The predicted molar refractivity (Wildman–Crippen MR) is 79.3 cm³/mol. The molecule has 0 atom stereocenters. The van der Waals surface area contributed by atoms with Gasteiger partial charge in [-0.15, -0.1) is 0 Å². The van der Waals surface area contributed by atoms with Crippen LogP contribution in [-0.4, -0.2) is 20.6 Å². The fraction of sp³-hybridized carbons (Fsp3) is 0.143. The van der Waals surface area contributed by atoms with Crippen LogP contribution in [0.15, 0.2) is 47.4 Å². The Hall–Kier alpha value is -2.21. The van der Waals surface area contributed by atoms with Gasteiger partial charge >= 0.3 is 0 Å². The number of rotatable bonds is 3. The predicted octanol–water partition coefficient (Wildman–Crippen LogP) is 2.11. The lowest BCUT2D eigenvalue weighted by atomic mass is 10.2. The summed E-state index contributed by atoms with van der Waals surface area (Å²) < 4.78 is 26.4. The number of anilines is 2. The summed E-state index contributed by atoms with van der Waals surface area (Å²) in [5.41, 5.74) is 6.95. The first-order valence-electron chi connectivity index (χ1n) is 5.97. The number of phenols is 1. The van der Waals surface area contributed by atoms with Crippen molar-refractivity contribution in [2.75, 3.05) is 17.1 Å². The molecule has 20 heavy (non-hydrogen) atoms. The van der Waals surface area contributed by atoms with E-state index < -0.39 is 10.0 Å². The van der Waals surface area contributed by atoms with Gasteiger partial charge in [-0.2, -0.15) is 0 Å². The van der Waals surface area contributed by atoms with Gasteiger partial charge in [-0.1, -0.05) is 18.2 Å². The van der Waals surface area contributed by atoms with Gasteiger partial charge in [-0.25, -0.2) is 8.42 Å². The normalized spacial score (nSPS) is 11.3. The van der Waals surface area contributed by atoms with Gasteiger partial charge < -0.3 is 10.8 Å². The zero-order valence-corrected chi connectivity index (χ0v) is 12.1. The number of nitrogens with two attached hydrogens (primary N) is 1. The van der Waals surface area contributed by atoms with Crippen molar-refractivity contribution in [3.8, 4) is 5.75 Å². The first-order chi connectivity index (χ1) is 9.34. The van der Waals surface area contributed by atoms with Gasteiger partial charge in [0.25, 0.3) is 10.0 Å². The molecule has 0 aromatic heterocycles. The number of benzene rings is 2. The van der Waals surface area contributed by atoms with Crippen molar-refractivity contribution < 1.29 is 13.5 Å². The molecule has 0 saturated carbocycles. The van der Waals surface area contributed by atoms with E-state index in [1.54, 1.807) is 37.3 Å². The summed E-state index contributed by atoms with van der Waals surface area (Å²) in [5, 5.41) is 9.46. The average molecular weight is 292 g/mol. The number of aryl methyl sites for hydroxylation is 1. The van der Waals surface area contributed by atoms with Gasteiger partial charge in [0, 0.05) is 13.1 Å². The molecule has 2 aromatic carbocycles. The Morgan fingerprint density at radius 2 is 1.80 bits per heavy atom. The van der Waals surface area contributed by atoms with E-state index in [4.69, 9.17) is 5.73 Å². The van der Waals surface area contributed by atoms with Crippen LogP contribution in [0.25, 0.3) is 0 Å². The van der Waals surface area contributed by atoms with Gasteiger partial charge in [-0.3, -0.25) is 4.31 Å². The molecule has 3 N–H and O–H groups in total. The topological polar surface area (TPSA) is 83.6 Å². The zero-order valence-electron chi connectivity index (χ0n) is 11.2. The van der Waals surface area contributed by atoms with Crippen molar-refractivity contribution in [1.82, 2.24) is 0 Å². The Kier molecular flexibility index (Phi) is 3.59. The van der Waals surface area contributed by atoms with Gasteiger partial charge in [0.15, 0.2) is 0 Å². The molecular formula is C14H16N2O3S. The summed E-state index contributed by atoms with van der Waals surface area (Å²) >= 11 is 0. The second kappa shape index (κ2) is 5.05. The molecular weight excluding hydrogens is 276 g/mol. The first kappa shape index (κ1) is 14.2. The highest BCUT2D eigenvalue weighted by atomic mass is 32.2. The fourth-order valence-electron chi connectivity index (χ4n) is 1.99. The van der Waals surface area contributed by atoms with Crippen LogP contribution in [-0.2, 0) is 10.0 Å². The van der Waals surface area contributed by atoms with E-state index in [-0.39, 0.29) is 16.3 Å². The van der Waals surface area contributed by atoms with Gasteiger partial charge in [0.2, 0.25) is 0 Å². The summed E-state index contributed by atoms with van der Waals surface area (Å²) in [6, 6.07) is 11.0. The molecule has 6 heteroatoms. The summed E-state index contributed by atoms with van der Waals surface area (Å²) in [7, 11) is -2.35. The van der Waals surface area contributed by atoms with E-state index in [9.17, 15) is 13.5 Å². The summed E-state index contributed by atoms with van der Waals surface area (Å²) in [5.74, 6) is 0.00213. The van der Waals surface area contributed by atoms with Gasteiger partial charge in [0.05, 0.1) is 11.4 Å². The number of nitrogens with zero attached hydrogens (tertiary/aromatic N) is 1. The minimum absolute atomic E-state index is 0.00213. The van der Waals surface area contributed by atoms with Crippen molar-refractivity contribution in [3.05, 3.63) is 48.0 Å². The van der Waals surface area contributed by atoms with Crippen LogP contribution < -0.4 is 10.0 Å². The van der Waals surface area contributed by atoms with Crippen LogP contribution in [0.2, 0.25) is 0 Å². The maximum atomic E-state index is 12.6. The molecule has 0 heterocycles. The van der Waals surface area contributed by atoms with Crippen LogP contribution in [0.1, 0.15) is 5.56 Å². The Balaban J connectivity index is 2.56. The smallest absolute Gasteiger partial charge is 0.266 e. The Labute approximate surface area is 118 Å². The number of aromatic hydroxyl groups is 1. The number of sulfonamides is 1. The maximum absolute atomic E-state index is 12.6. The molecule has 0 saturated heterocycles. The minimum atomic E-state index is -3.77. The first-order valence-corrected chi connectivity index (χ1v) is 7.41. The van der Waals surface area contributed by atoms with Crippen molar-refractivity contribution in [2.24, 2.45) is 0 Å². The van der Waals surface area contributed by atoms with Crippen molar-refractivity contribution >= 4 is 21.4 Å². The molecule has 0 aliphatic carbocycles. The van der Waals surface area contributed by atoms with Crippen LogP contribution in [0.3, 0.4) is 0 Å². The standard InChI is InChI=1S/C14H16N2O3S/c1-10-5-3-8-13(15)14(10)20(18,19)16(2)11-6-4-7-12(17)9-11/h3-9,17H,15H2,1-2H3. The third kappa shape index (κ3) is 2.42. The minimum Gasteiger partial charge on any atom is -0.508 e. The highest BCUT2D eigenvalue weighted by Crippen LogP contribution is 2.29. The molecule has 2 rings (SSSR count). The lowest BCUT2D eigenvalue weighted by Gasteiger charge is -2.21. The monoisotopic (exact) mass is 292 g/mol. The van der Waals surface area contributed by atoms with E-state index in [1.807, 2.05) is 0 Å². The second-order valence-electron chi connectivity index (χ2n) is 4.49. The third-order valence-electron chi connectivity index (χ3n) is 3.05. The van der Waals surface area contributed by atoms with Gasteiger partial charge in [0.1, 0.15) is 10.6 Å². The molecule has 0 amide bonds. The Morgan fingerprint density at radius 3 is 2.40 bits per heavy atom. The number of phenolic OH excluding ortho intramolecular Hbond substituents is 1. The molecule has 0 aliphatic rings. The third-order valence-corrected chi connectivity index (χ3v) is 5.06. The molecule has 0 bridgehead atoms. The van der Waals surface area contributed by atoms with E-state index in [2.05, 4.69) is 0 Å². The number of hydrogen-bond donors (Lipinski definition) is 2. The highest BCUT2D eigenvalue weighted by Gasteiger charge is 2.25. The number of nitrogen functional groups attached to an aromatic ring is 1. The summed E-state index contributed by atoms with van der Waals surface area (Å²) in [6.45, 7) is 1.69. The molecule has 0 spiro atoms. The van der Waals surface area contributed by atoms with Crippen LogP contribution in [0.5, 0.6) is 5.75 Å². The average Bonchev–Trinajstić information content (AvgIpc) is 2.37. The molecule has 0 unspecified atom stereocenters. The fourth-order valence-corrected chi connectivity index (χ4v) is 3.50. The van der Waals surface area contributed by atoms with E-state index >= 15 is 0 Å². The van der Waals surface area contributed by atoms with E-state index in [0.29, 0.717) is 11.3 Å². The highest BCUT2D eigenvalue weighted by molar-refractivity contribution is 7.93. The summed E-state index contributed by atoms with van der Waals surface area (Å²) in [6.07, 6.45) is 0. The maximum Gasteiger partial charge on any atom is 0.266 e. The largest absolute Gasteiger partial charge is 0.508 e. The number of hydrogen-bond acceptors (Lipinski definition) is 4. The molecule has 0 radical (unpaired) electrons. The molecule has 0 fully saturated rings. The SMILES string of the molecule is Cc1cccc(N)c1S(=O)(=O)N(C)c1cccc(O)c1. The lowest BCUT2D eigenvalue weighted by Crippen LogP contribution is -2.27. The lowest BCUT2D eigenvalue weighted by molar-refractivity contribution is 0.475. The molecule has 2 aromatic rings. The Bertz CT molecular complexity index is 722. The second-order valence-corrected chi connectivity index (χ2v) is 6.39. The van der Waals surface area contributed by atoms with E-state index in [0.717, 1.165) is 4.31 Å². The summed E-state index contributed by atoms with van der Waals surface area (Å²) in [4.78, 5) is 0.0887. The molecule has 5 nitrogen and oxygen atoms in total. The van der Waals surface area contributed by atoms with Crippen LogP contribution >= 0.6 is 0 Å². The van der Waals surface area contributed by atoms with Crippen LogP contribution in [0.4, 0.5) is 11.4 Å². The van der Waals surface area contributed by atoms with E-state index in [1.165, 1.54) is 19.2 Å². The van der Waals surface area contributed by atoms with Crippen LogP contribution in [0, 0.1) is 6.92 Å². The molecule has 106 valence electrons. The van der Waals surface area contributed by atoms with Gasteiger partial charge in [-0.05, 0) is 30.7 Å². The zero-order chi connectivity index (χ0) is 14.9.